The zero-order valence-corrected chi connectivity index (χ0v) is 11.0. The number of hydrogen-bond donors (Lipinski definition) is 0. The molecular formula is C12H11ClF3N3. The highest BCUT2D eigenvalue weighted by Crippen LogP contribution is 2.33. The molecule has 0 fully saturated rings. The molecule has 0 N–H and O–H groups in total. The summed E-state index contributed by atoms with van der Waals surface area (Å²) < 4.78 is 38.0. The van der Waals surface area contributed by atoms with E-state index in [2.05, 4.69) is 9.97 Å². The van der Waals surface area contributed by atoms with Crippen LogP contribution in [0.4, 0.5) is 19.0 Å². The summed E-state index contributed by atoms with van der Waals surface area (Å²) in [7, 11) is 1.79. The van der Waals surface area contributed by atoms with Crippen molar-refractivity contribution < 1.29 is 13.2 Å². The Morgan fingerprint density at radius 1 is 1.26 bits per heavy atom. The average molecular weight is 290 g/mol. The Morgan fingerprint density at radius 3 is 2.53 bits per heavy atom. The summed E-state index contributed by atoms with van der Waals surface area (Å²) in [5.41, 5.74) is -0.565. The lowest BCUT2D eigenvalue weighted by Crippen LogP contribution is -2.18. The molecule has 2 rings (SSSR count). The van der Waals surface area contributed by atoms with Crippen molar-refractivity contribution in [2.75, 3.05) is 18.5 Å². The molecule has 1 aromatic carbocycles. The molecule has 0 radical (unpaired) electrons. The fourth-order valence-electron chi connectivity index (χ4n) is 1.70. The highest BCUT2D eigenvalue weighted by Gasteiger charge is 2.31. The third kappa shape index (κ3) is 2.73. The minimum absolute atomic E-state index is 0.0675. The molecule has 0 aliphatic heterocycles. The van der Waals surface area contributed by atoms with E-state index < -0.39 is 11.7 Å². The predicted octanol–water partition coefficient (Wildman–Crippen LogP) is 3.76. The molecule has 0 aliphatic rings. The summed E-state index contributed by atoms with van der Waals surface area (Å²) in [6.07, 6.45) is -4.40. The van der Waals surface area contributed by atoms with Crippen LogP contribution in [-0.2, 0) is 6.18 Å². The second-order valence-corrected chi connectivity index (χ2v) is 4.40. The number of aromatic nitrogens is 2. The van der Waals surface area contributed by atoms with E-state index in [-0.39, 0.29) is 10.8 Å². The topological polar surface area (TPSA) is 29.0 Å². The van der Waals surface area contributed by atoms with E-state index in [1.54, 1.807) is 11.9 Å². The Balaban J connectivity index is 2.68. The summed E-state index contributed by atoms with van der Waals surface area (Å²) in [4.78, 5) is 9.71. The van der Waals surface area contributed by atoms with Crippen molar-refractivity contribution in [3.8, 4) is 0 Å². The molecule has 1 heterocycles. The lowest BCUT2D eigenvalue weighted by Gasteiger charge is -2.18. The summed E-state index contributed by atoms with van der Waals surface area (Å²) in [6, 6.07) is 3.37. The Bertz CT molecular complexity index is 613. The Kier molecular flexibility index (Phi) is 3.54. The summed E-state index contributed by atoms with van der Waals surface area (Å²) in [5.74, 6) is 0.520. The summed E-state index contributed by atoms with van der Waals surface area (Å²) in [5, 5.41) is 0.476. The lowest BCUT2D eigenvalue weighted by atomic mass is 10.1. The summed E-state index contributed by atoms with van der Waals surface area (Å²) in [6.45, 7) is 2.56. The minimum atomic E-state index is -4.40. The van der Waals surface area contributed by atoms with Gasteiger partial charge in [0, 0.05) is 19.0 Å². The maximum Gasteiger partial charge on any atom is 0.416 e. The van der Waals surface area contributed by atoms with Gasteiger partial charge < -0.3 is 4.90 Å². The fraction of sp³-hybridized carbons (Fsp3) is 0.333. The molecular weight excluding hydrogens is 279 g/mol. The van der Waals surface area contributed by atoms with Gasteiger partial charge in [-0.25, -0.2) is 4.98 Å². The molecule has 1 aromatic heterocycles. The van der Waals surface area contributed by atoms with Gasteiger partial charge in [0.1, 0.15) is 5.82 Å². The number of alkyl halides is 3. The van der Waals surface area contributed by atoms with Gasteiger partial charge in [0.2, 0.25) is 5.28 Å². The van der Waals surface area contributed by atoms with Gasteiger partial charge in [0.05, 0.1) is 11.1 Å². The van der Waals surface area contributed by atoms with Crippen LogP contribution < -0.4 is 4.90 Å². The number of fused-ring (bicyclic) bond motifs is 1. The van der Waals surface area contributed by atoms with Gasteiger partial charge in [-0.15, -0.1) is 0 Å². The van der Waals surface area contributed by atoms with Crippen LogP contribution in [0.1, 0.15) is 12.5 Å². The molecule has 19 heavy (non-hydrogen) atoms. The first-order valence-electron chi connectivity index (χ1n) is 5.58. The molecule has 0 saturated heterocycles. The lowest BCUT2D eigenvalue weighted by molar-refractivity contribution is -0.137. The normalized spacial score (nSPS) is 11.9. The molecule has 7 heteroatoms. The van der Waals surface area contributed by atoms with E-state index in [4.69, 9.17) is 11.6 Å². The Morgan fingerprint density at radius 2 is 1.95 bits per heavy atom. The molecule has 0 bridgehead atoms. The Hall–Kier alpha value is -1.56. The molecule has 0 spiro atoms. The van der Waals surface area contributed by atoms with Gasteiger partial charge >= 0.3 is 6.18 Å². The van der Waals surface area contributed by atoms with Gasteiger partial charge in [0.15, 0.2) is 0 Å². The van der Waals surface area contributed by atoms with Crippen molar-refractivity contribution in [1.29, 1.82) is 0 Å². The van der Waals surface area contributed by atoms with Crippen LogP contribution in [-0.4, -0.2) is 23.6 Å². The van der Waals surface area contributed by atoms with E-state index in [9.17, 15) is 13.2 Å². The van der Waals surface area contributed by atoms with Crippen molar-refractivity contribution in [3.05, 3.63) is 29.0 Å². The maximum atomic E-state index is 12.7. The van der Waals surface area contributed by atoms with E-state index in [1.807, 2.05) is 6.92 Å². The van der Waals surface area contributed by atoms with Gasteiger partial charge in [-0.05, 0) is 36.7 Å². The van der Waals surface area contributed by atoms with Crippen molar-refractivity contribution >= 4 is 28.3 Å². The predicted molar refractivity (Wildman–Crippen MR) is 68.5 cm³/mol. The van der Waals surface area contributed by atoms with Crippen LogP contribution in [0.15, 0.2) is 18.2 Å². The van der Waals surface area contributed by atoms with E-state index in [1.165, 1.54) is 6.07 Å². The molecule has 2 aromatic rings. The number of rotatable bonds is 2. The first-order valence-corrected chi connectivity index (χ1v) is 5.96. The Labute approximate surface area is 113 Å². The SMILES string of the molecule is CCN(C)c1nc(Cl)nc2cc(C(F)(F)F)ccc12. The largest absolute Gasteiger partial charge is 0.416 e. The smallest absolute Gasteiger partial charge is 0.359 e. The van der Waals surface area contributed by atoms with E-state index in [0.717, 1.165) is 12.1 Å². The van der Waals surface area contributed by atoms with Crippen LogP contribution in [0.2, 0.25) is 5.28 Å². The first-order chi connectivity index (χ1) is 8.82. The molecule has 0 saturated carbocycles. The van der Waals surface area contributed by atoms with E-state index in [0.29, 0.717) is 17.7 Å². The molecule has 0 unspecified atom stereocenters. The third-order valence-electron chi connectivity index (χ3n) is 2.81. The zero-order chi connectivity index (χ0) is 14.2. The van der Waals surface area contributed by atoms with Crippen molar-refractivity contribution in [3.63, 3.8) is 0 Å². The minimum Gasteiger partial charge on any atom is -0.359 e. The number of benzene rings is 1. The van der Waals surface area contributed by atoms with Gasteiger partial charge in [-0.3, -0.25) is 0 Å². The van der Waals surface area contributed by atoms with Gasteiger partial charge in [0.25, 0.3) is 0 Å². The highest BCUT2D eigenvalue weighted by molar-refractivity contribution is 6.28. The number of halogens is 4. The first kappa shape index (κ1) is 13.9. The van der Waals surface area contributed by atoms with Crippen LogP contribution in [0.5, 0.6) is 0 Å². The zero-order valence-electron chi connectivity index (χ0n) is 10.3. The van der Waals surface area contributed by atoms with Crippen LogP contribution in [0, 0.1) is 0 Å². The quantitative estimate of drug-likeness (QED) is 0.788. The fourth-order valence-corrected chi connectivity index (χ4v) is 1.87. The monoisotopic (exact) mass is 289 g/mol. The van der Waals surface area contributed by atoms with Crippen molar-refractivity contribution in [2.45, 2.75) is 13.1 Å². The number of nitrogens with zero attached hydrogens (tertiary/aromatic N) is 3. The maximum absolute atomic E-state index is 12.7. The summed E-state index contributed by atoms with van der Waals surface area (Å²) >= 11 is 5.76. The van der Waals surface area contributed by atoms with Crippen LogP contribution in [0.3, 0.4) is 0 Å². The van der Waals surface area contributed by atoms with Gasteiger partial charge in [-0.2, -0.15) is 18.2 Å². The average Bonchev–Trinajstić information content (AvgIpc) is 2.34. The van der Waals surface area contributed by atoms with Gasteiger partial charge in [-0.1, -0.05) is 0 Å². The van der Waals surface area contributed by atoms with Crippen molar-refractivity contribution in [2.24, 2.45) is 0 Å². The second-order valence-electron chi connectivity index (χ2n) is 4.06. The number of hydrogen-bond acceptors (Lipinski definition) is 3. The highest BCUT2D eigenvalue weighted by atomic mass is 35.5. The second kappa shape index (κ2) is 4.85. The standard InChI is InChI=1S/C12H11ClF3N3/c1-3-19(2)10-8-5-4-7(12(14,15)16)6-9(8)17-11(13)18-10/h4-6H,3H2,1-2H3. The van der Waals surface area contributed by atoms with E-state index >= 15 is 0 Å². The number of anilines is 1. The molecule has 0 aliphatic carbocycles. The third-order valence-corrected chi connectivity index (χ3v) is 2.98. The molecule has 0 atom stereocenters. The van der Waals surface area contributed by atoms with Crippen molar-refractivity contribution in [1.82, 2.24) is 9.97 Å². The molecule has 3 nitrogen and oxygen atoms in total. The molecule has 0 amide bonds. The van der Waals surface area contributed by atoms with Crippen LogP contribution in [0.25, 0.3) is 10.9 Å². The van der Waals surface area contributed by atoms with Crippen LogP contribution >= 0.6 is 11.6 Å². The molecule has 102 valence electrons.